The first-order valence-electron chi connectivity index (χ1n) is 7.20. The Kier molecular flexibility index (Phi) is 3.86. The fourth-order valence-corrected chi connectivity index (χ4v) is 2.47. The van der Waals surface area contributed by atoms with Gasteiger partial charge in [-0.15, -0.1) is 0 Å². The van der Waals surface area contributed by atoms with Crippen molar-refractivity contribution >= 4 is 5.69 Å². The molecule has 0 saturated heterocycles. The van der Waals surface area contributed by atoms with Gasteiger partial charge >= 0.3 is 0 Å². The second-order valence-electron chi connectivity index (χ2n) is 5.08. The number of phenols is 1. The van der Waals surface area contributed by atoms with E-state index < -0.39 is 0 Å². The molecular weight excluding hydrogens is 266 g/mol. The molecule has 1 atom stereocenters. The van der Waals surface area contributed by atoms with Gasteiger partial charge in [0, 0.05) is 12.5 Å². The van der Waals surface area contributed by atoms with Crippen LogP contribution < -0.4 is 14.8 Å². The molecule has 0 spiro atoms. The fourth-order valence-electron chi connectivity index (χ4n) is 2.47. The maximum atomic E-state index is 9.45. The molecule has 21 heavy (non-hydrogen) atoms. The second kappa shape index (κ2) is 5.95. The Morgan fingerprint density at radius 3 is 2.81 bits per heavy atom. The van der Waals surface area contributed by atoms with E-state index in [-0.39, 0.29) is 11.9 Å². The number of ether oxygens (including phenoxy) is 2. The molecule has 1 aliphatic heterocycles. The highest BCUT2D eigenvalue weighted by Gasteiger charge is 2.19. The van der Waals surface area contributed by atoms with E-state index in [1.165, 1.54) is 5.56 Å². The predicted molar refractivity (Wildman–Crippen MR) is 82.3 cm³/mol. The van der Waals surface area contributed by atoms with Crippen LogP contribution in [0.2, 0.25) is 0 Å². The SMILES string of the molecule is CCOc1ccc(CC2CNc3cc(O)ccc3O2)cc1. The molecule has 4 heteroatoms. The van der Waals surface area contributed by atoms with Gasteiger partial charge in [-0.1, -0.05) is 12.1 Å². The standard InChI is InChI=1S/C17H19NO3/c1-2-20-14-6-3-12(4-7-14)9-15-11-18-16-10-13(19)5-8-17(16)21-15/h3-8,10,15,18-19H,2,9,11H2,1H3. The van der Waals surface area contributed by atoms with Crippen molar-refractivity contribution < 1.29 is 14.6 Å². The van der Waals surface area contributed by atoms with E-state index in [4.69, 9.17) is 9.47 Å². The molecule has 1 unspecified atom stereocenters. The number of aromatic hydroxyl groups is 1. The Hall–Kier alpha value is -2.36. The highest BCUT2D eigenvalue weighted by molar-refractivity contribution is 5.60. The second-order valence-corrected chi connectivity index (χ2v) is 5.08. The largest absolute Gasteiger partial charge is 0.508 e. The summed E-state index contributed by atoms with van der Waals surface area (Å²) in [5.41, 5.74) is 2.06. The highest BCUT2D eigenvalue weighted by Crippen LogP contribution is 2.32. The summed E-state index contributed by atoms with van der Waals surface area (Å²) in [4.78, 5) is 0. The third kappa shape index (κ3) is 3.21. The first-order chi connectivity index (χ1) is 10.2. The lowest BCUT2D eigenvalue weighted by molar-refractivity contribution is 0.206. The smallest absolute Gasteiger partial charge is 0.143 e. The number of fused-ring (bicyclic) bond motifs is 1. The summed E-state index contributed by atoms with van der Waals surface area (Å²) in [5.74, 6) is 1.93. The van der Waals surface area contributed by atoms with Gasteiger partial charge < -0.3 is 19.9 Å². The van der Waals surface area contributed by atoms with E-state index in [1.807, 2.05) is 19.1 Å². The van der Waals surface area contributed by atoms with Crippen molar-refractivity contribution in [2.24, 2.45) is 0 Å². The van der Waals surface area contributed by atoms with Crippen molar-refractivity contribution in [1.29, 1.82) is 0 Å². The summed E-state index contributed by atoms with van der Waals surface area (Å²) < 4.78 is 11.4. The Bertz CT molecular complexity index is 610. The van der Waals surface area contributed by atoms with Crippen LogP contribution in [0.3, 0.4) is 0 Å². The van der Waals surface area contributed by atoms with Crippen molar-refractivity contribution in [2.75, 3.05) is 18.5 Å². The first kappa shape index (κ1) is 13.6. The summed E-state index contributed by atoms with van der Waals surface area (Å²) in [6.07, 6.45) is 0.916. The Morgan fingerprint density at radius 2 is 2.05 bits per heavy atom. The first-order valence-corrected chi connectivity index (χ1v) is 7.20. The summed E-state index contributed by atoms with van der Waals surface area (Å²) in [6.45, 7) is 3.38. The van der Waals surface area contributed by atoms with E-state index in [0.717, 1.165) is 30.2 Å². The zero-order chi connectivity index (χ0) is 14.7. The fraction of sp³-hybridized carbons (Fsp3) is 0.294. The third-order valence-electron chi connectivity index (χ3n) is 3.47. The van der Waals surface area contributed by atoms with Crippen molar-refractivity contribution in [3.05, 3.63) is 48.0 Å². The van der Waals surface area contributed by atoms with Crippen LogP contribution in [-0.2, 0) is 6.42 Å². The third-order valence-corrected chi connectivity index (χ3v) is 3.47. The van der Waals surface area contributed by atoms with Crippen molar-refractivity contribution in [3.8, 4) is 17.2 Å². The van der Waals surface area contributed by atoms with Gasteiger partial charge in [0.2, 0.25) is 0 Å². The van der Waals surface area contributed by atoms with Crippen LogP contribution in [-0.4, -0.2) is 24.4 Å². The molecule has 0 radical (unpaired) electrons. The molecule has 2 aromatic rings. The normalized spacial score (nSPS) is 16.5. The summed E-state index contributed by atoms with van der Waals surface area (Å²) in [6, 6.07) is 13.2. The highest BCUT2D eigenvalue weighted by atomic mass is 16.5. The van der Waals surface area contributed by atoms with Crippen LogP contribution in [0.1, 0.15) is 12.5 Å². The number of hydrogen-bond donors (Lipinski definition) is 2. The molecule has 2 aromatic carbocycles. The van der Waals surface area contributed by atoms with Crippen molar-refractivity contribution in [3.63, 3.8) is 0 Å². The molecule has 1 heterocycles. The van der Waals surface area contributed by atoms with Crippen LogP contribution in [0, 0.1) is 0 Å². The Balaban J connectivity index is 1.65. The van der Waals surface area contributed by atoms with Gasteiger partial charge in [-0.25, -0.2) is 0 Å². The number of phenolic OH excluding ortho intramolecular Hbond substituents is 1. The van der Waals surface area contributed by atoms with Crippen LogP contribution >= 0.6 is 0 Å². The van der Waals surface area contributed by atoms with E-state index in [0.29, 0.717) is 6.61 Å². The average Bonchev–Trinajstić information content (AvgIpc) is 2.50. The average molecular weight is 285 g/mol. The number of anilines is 1. The van der Waals surface area contributed by atoms with Gasteiger partial charge in [0.05, 0.1) is 18.8 Å². The van der Waals surface area contributed by atoms with E-state index in [1.54, 1.807) is 18.2 Å². The van der Waals surface area contributed by atoms with Crippen LogP contribution in [0.15, 0.2) is 42.5 Å². The molecule has 2 N–H and O–H groups in total. The molecule has 0 saturated carbocycles. The minimum Gasteiger partial charge on any atom is -0.508 e. The lowest BCUT2D eigenvalue weighted by Crippen LogP contribution is -2.32. The van der Waals surface area contributed by atoms with E-state index in [2.05, 4.69) is 17.4 Å². The maximum Gasteiger partial charge on any atom is 0.143 e. The van der Waals surface area contributed by atoms with Gasteiger partial charge in [0.15, 0.2) is 0 Å². The van der Waals surface area contributed by atoms with Crippen molar-refractivity contribution in [1.82, 2.24) is 0 Å². The maximum absolute atomic E-state index is 9.45. The minimum absolute atomic E-state index is 0.0833. The Labute approximate surface area is 124 Å². The number of nitrogens with one attached hydrogen (secondary N) is 1. The lowest BCUT2D eigenvalue weighted by Gasteiger charge is -2.27. The molecule has 1 aliphatic rings. The van der Waals surface area contributed by atoms with Crippen LogP contribution in [0.25, 0.3) is 0 Å². The molecule has 110 valence electrons. The van der Waals surface area contributed by atoms with Crippen LogP contribution in [0.5, 0.6) is 17.2 Å². The molecule has 0 aromatic heterocycles. The molecule has 0 bridgehead atoms. The monoisotopic (exact) mass is 285 g/mol. The number of benzene rings is 2. The molecule has 0 fully saturated rings. The summed E-state index contributed by atoms with van der Waals surface area (Å²) >= 11 is 0. The zero-order valence-electron chi connectivity index (χ0n) is 12.0. The van der Waals surface area contributed by atoms with E-state index in [9.17, 15) is 5.11 Å². The Morgan fingerprint density at radius 1 is 1.24 bits per heavy atom. The summed E-state index contributed by atoms with van der Waals surface area (Å²) in [7, 11) is 0. The zero-order valence-corrected chi connectivity index (χ0v) is 12.0. The number of rotatable bonds is 4. The quantitative estimate of drug-likeness (QED) is 0.905. The molecule has 3 rings (SSSR count). The van der Waals surface area contributed by atoms with Crippen molar-refractivity contribution in [2.45, 2.75) is 19.4 Å². The van der Waals surface area contributed by atoms with E-state index >= 15 is 0 Å². The van der Waals surface area contributed by atoms with Gasteiger partial charge in [-0.3, -0.25) is 0 Å². The summed E-state index contributed by atoms with van der Waals surface area (Å²) in [5, 5.41) is 12.7. The minimum atomic E-state index is 0.0833. The molecule has 4 nitrogen and oxygen atoms in total. The topological polar surface area (TPSA) is 50.7 Å². The molecule has 0 aliphatic carbocycles. The van der Waals surface area contributed by atoms with Gasteiger partial charge in [-0.2, -0.15) is 0 Å². The van der Waals surface area contributed by atoms with Gasteiger partial charge in [-0.05, 0) is 36.8 Å². The van der Waals surface area contributed by atoms with Crippen LogP contribution in [0.4, 0.5) is 5.69 Å². The van der Waals surface area contributed by atoms with Gasteiger partial charge in [0.1, 0.15) is 23.4 Å². The predicted octanol–water partition coefficient (Wildman–Crippen LogP) is 3.21. The number of hydrogen-bond acceptors (Lipinski definition) is 4. The molecule has 0 amide bonds. The molecular formula is C17H19NO3. The van der Waals surface area contributed by atoms with Gasteiger partial charge in [0.25, 0.3) is 0 Å². The lowest BCUT2D eigenvalue weighted by atomic mass is 10.1.